The van der Waals surface area contributed by atoms with E-state index in [1.807, 2.05) is 6.20 Å². The minimum absolute atomic E-state index is 0.512. The lowest BCUT2D eigenvalue weighted by Crippen LogP contribution is -1.85. The van der Waals surface area contributed by atoms with Gasteiger partial charge in [0.1, 0.15) is 0 Å². The van der Waals surface area contributed by atoms with E-state index in [9.17, 15) is 0 Å². The van der Waals surface area contributed by atoms with Crippen LogP contribution in [0.5, 0.6) is 0 Å². The highest BCUT2D eigenvalue weighted by Crippen LogP contribution is 2.27. The van der Waals surface area contributed by atoms with Gasteiger partial charge in [0.05, 0.1) is 21.4 Å². The van der Waals surface area contributed by atoms with Crippen LogP contribution in [0.1, 0.15) is 37.4 Å². The number of hydrogen-bond donors (Lipinski definition) is 0. The van der Waals surface area contributed by atoms with Gasteiger partial charge in [-0.2, -0.15) is 0 Å². The molecule has 2 heterocycles. The van der Waals surface area contributed by atoms with Crippen LogP contribution in [0, 0.1) is 0 Å². The Bertz CT molecular complexity index is 445. The van der Waals surface area contributed by atoms with Crippen molar-refractivity contribution in [2.24, 2.45) is 0 Å². The molecule has 0 saturated carbocycles. The van der Waals surface area contributed by atoms with E-state index in [1.165, 1.54) is 9.71 Å². The third-order valence-electron chi connectivity index (χ3n) is 2.20. The summed E-state index contributed by atoms with van der Waals surface area (Å²) in [6, 6.07) is 2.15. The molecule has 0 spiro atoms. The van der Waals surface area contributed by atoms with Crippen LogP contribution in [-0.4, -0.2) is 9.97 Å². The van der Waals surface area contributed by atoms with Gasteiger partial charge in [0.15, 0.2) is 0 Å². The van der Waals surface area contributed by atoms with Crippen LogP contribution < -0.4 is 0 Å². The summed E-state index contributed by atoms with van der Waals surface area (Å²) in [6.45, 7) is 6.47. The van der Waals surface area contributed by atoms with Gasteiger partial charge >= 0.3 is 0 Å². The minimum Gasteiger partial charge on any atom is -0.259 e. The molecule has 2 nitrogen and oxygen atoms in total. The third kappa shape index (κ3) is 1.64. The standard InChI is InChI=1S/C11H14N2S/c1-4-8-5-10-9(6-12-8)13-11(14-10)7(2)3/h5-7H,4H2,1-3H3. The highest BCUT2D eigenvalue weighted by molar-refractivity contribution is 7.18. The molecule has 0 amide bonds. The molecule has 0 unspecified atom stereocenters. The molecule has 0 aliphatic heterocycles. The molecule has 2 aromatic heterocycles. The Hall–Kier alpha value is -0.960. The Morgan fingerprint density at radius 2 is 2.21 bits per heavy atom. The molecule has 74 valence electrons. The molecular weight excluding hydrogens is 192 g/mol. The second-order valence-electron chi connectivity index (χ2n) is 3.70. The molecule has 0 aliphatic carbocycles. The first-order chi connectivity index (χ1) is 6.70. The molecule has 2 rings (SSSR count). The average molecular weight is 206 g/mol. The van der Waals surface area contributed by atoms with Gasteiger partial charge in [0.2, 0.25) is 0 Å². The zero-order valence-electron chi connectivity index (χ0n) is 8.74. The Balaban J connectivity index is 2.54. The lowest BCUT2D eigenvalue weighted by molar-refractivity contribution is 0.856. The Labute approximate surface area is 88.0 Å². The number of nitrogens with zero attached hydrogens (tertiary/aromatic N) is 2. The van der Waals surface area contributed by atoms with Crippen LogP contribution >= 0.6 is 11.3 Å². The van der Waals surface area contributed by atoms with Crippen LogP contribution in [0.3, 0.4) is 0 Å². The summed E-state index contributed by atoms with van der Waals surface area (Å²) in [5.41, 5.74) is 2.19. The fourth-order valence-corrected chi connectivity index (χ4v) is 2.33. The van der Waals surface area contributed by atoms with Gasteiger partial charge < -0.3 is 0 Å². The largest absolute Gasteiger partial charge is 0.259 e. The SMILES string of the molecule is CCc1cc2sc(C(C)C)nc2cn1. The number of aromatic nitrogens is 2. The molecule has 0 aliphatic rings. The van der Waals surface area contributed by atoms with Gasteiger partial charge in [-0.3, -0.25) is 4.98 Å². The van der Waals surface area contributed by atoms with Crippen LogP contribution in [0.25, 0.3) is 10.2 Å². The predicted molar refractivity (Wildman–Crippen MR) is 60.9 cm³/mol. The zero-order valence-corrected chi connectivity index (χ0v) is 9.56. The van der Waals surface area contributed by atoms with Gasteiger partial charge in [0.25, 0.3) is 0 Å². The summed E-state index contributed by atoms with van der Waals surface area (Å²) < 4.78 is 1.26. The van der Waals surface area contributed by atoms with Crippen molar-refractivity contribution in [3.63, 3.8) is 0 Å². The summed E-state index contributed by atoms with van der Waals surface area (Å²) in [4.78, 5) is 8.89. The predicted octanol–water partition coefficient (Wildman–Crippen LogP) is 3.38. The van der Waals surface area contributed by atoms with Crippen molar-refractivity contribution in [1.29, 1.82) is 0 Å². The molecule has 0 radical (unpaired) electrons. The Morgan fingerprint density at radius 1 is 1.43 bits per heavy atom. The Morgan fingerprint density at radius 3 is 2.86 bits per heavy atom. The second kappa shape index (κ2) is 3.65. The minimum atomic E-state index is 0.512. The van der Waals surface area contributed by atoms with Gasteiger partial charge in [-0.15, -0.1) is 11.3 Å². The lowest BCUT2D eigenvalue weighted by Gasteiger charge is -1.94. The summed E-state index contributed by atoms with van der Waals surface area (Å²) in [7, 11) is 0. The van der Waals surface area contributed by atoms with Crippen molar-refractivity contribution in [3.8, 4) is 0 Å². The van der Waals surface area contributed by atoms with Crippen molar-refractivity contribution in [1.82, 2.24) is 9.97 Å². The number of thiazole rings is 1. The molecular formula is C11H14N2S. The normalized spacial score (nSPS) is 11.4. The first-order valence-corrected chi connectivity index (χ1v) is 5.77. The van der Waals surface area contributed by atoms with Gasteiger partial charge in [-0.25, -0.2) is 4.98 Å². The number of pyridine rings is 1. The lowest BCUT2D eigenvalue weighted by atomic mass is 10.2. The van der Waals surface area contributed by atoms with E-state index in [0.29, 0.717) is 5.92 Å². The molecule has 0 saturated heterocycles. The molecule has 0 bridgehead atoms. The third-order valence-corrected chi connectivity index (χ3v) is 3.52. The van der Waals surface area contributed by atoms with E-state index in [2.05, 4.69) is 36.8 Å². The summed E-state index contributed by atoms with van der Waals surface area (Å²) >= 11 is 1.78. The van der Waals surface area contributed by atoms with Crippen molar-refractivity contribution < 1.29 is 0 Å². The smallest absolute Gasteiger partial charge is 0.0998 e. The van der Waals surface area contributed by atoms with Gasteiger partial charge in [-0.1, -0.05) is 20.8 Å². The molecule has 2 aromatic rings. The maximum absolute atomic E-state index is 4.54. The van der Waals surface area contributed by atoms with E-state index < -0.39 is 0 Å². The topological polar surface area (TPSA) is 25.8 Å². The van der Waals surface area contributed by atoms with Crippen LogP contribution in [0.2, 0.25) is 0 Å². The second-order valence-corrected chi connectivity index (χ2v) is 4.77. The summed E-state index contributed by atoms with van der Waals surface area (Å²) in [5.74, 6) is 0.512. The molecule has 14 heavy (non-hydrogen) atoms. The van der Waals surface area contributed by atoms with Crippen molar-refractivity contribution >= 4 is 21.6 Å². The number of hydrogen-bond acceptors (Lipinski definition) is 3. The van der Waals surface area contributed by atoms with E-state index >= 15 is 0 Å². The summed E-state index contributed by atoms with van der Waals surface area (Å²) in [5, 5.41) is 1.20. The average Bonchev–Trinajstić information content (AvgIpc) is 2.59. The quantitative estimate of drug-likeness (QED) is 0.752. The van der Waals surface area contributed by atoms with Crippen LogP contribution in [0.4, 0.5) is 0 Å². The van der Waals surface area contributed by atoms with Crippen molar-refractivity contribution in [2.45, 2.75) is 33.1 Å². The maximum Gasteiger partial charge on any atom is 0.0998 e. The van der Waals surface area contributed by atoms with Gasteiger partial charge in [0, 0.05) is 11.6 Å². The first-order valence-electron chi connectivity index (χ1n) is 4.96. The molecule has 0 aromatic carbocycles. The van der Waals surface area contributed by atoms with Crippen LogP contribution in [-0.2, 0) is 6.42 Å². The fraction of sp³-hybridized carbons (Fsp3) is 0.455. The molecule has 0 fully saturated rings. The van der Waals surface area contributed by atoms with Crippen molar-refractivity contribution in [3.05, 3.63) is 23.0 Å². The fourth-order valence-electron chi connectivity index (χ4n) is 1.33. The van der Waals surface area contributed by atoms with E-state index in [1.54, 1.807) is 11.3 Å². The number of aryl methyl sites for hydroxylation is 1. The number of fused-ring (bicyclic) bond motifs is 1. The highest BCUT2D eigenvalue weighted by Gasteiger charge is 2.07. The van der Waals surface area contributed by atoms with E-state index in [0.717, 1.165) is 17.6 Å². The Kier molecular flexibility index (Phi) is 2.50. The molecule has 0 N–H and O–H groups in total. The first kappa shape index (κ1) is 9.59. The van der Waals surface area contributed by atoms with E-state index in [-0.39, 0.29) is 0 Å². The number of rotatable bonds is 2. The highest BCUT2D eigenvalue weighted by atomic mass is 32.1. The van der Waals surface area contributed by atoms with Gasteiger partial charge in [-0.05, 0) is 12.5 Å². The van der Waals surface area contributed by atoms with Crippen LogP contribution in [0.15, 0.2) is 12.3 Å². The maximum atomic E-state index is 4.54. The zero-order chi connectivity index (χ0) is 10.1. The van der Waals surface area contributed by atoms with E-state index in [4.69, 9.17) is 0 Å². The molecule has 0 atom stereocenters. The molecule has 3 heteroatoms. The van der Waals surface area contributed by atoms with Crippen molar-refractivity contribution in [2.75, 3.05) is 0 Å². The monoisotopic (exact) mass is 206 g/mol. The summed E-state index contributed by atoms with van der Waals surface area (Å²) in [6.07, 6.45) is 2.88.